The van der Waals surface area contributed by atoms with Gasteiger partial charge in [0.05, 0.1) is 6.10 Å². The summed E-state index contributed by atoms with van der Waals surface area (Å²) in [6, 6.07) is 5.83. The Bertz CT molecular complexity index is 572. The van der Waals surface area contributed by atoms with Gasteiger partial charge in [-0.05, 0) is 78.5 Å². The van der Waals surface area contributed by atoms with Gasteiger partial charge in [0.15, 0.2) is 0 Å². The second-order valence-electron chi connectivity index (χ2n) is 7.58. The highest BCUT2D eigenvalue weighted by atomic mass is 32.1. The van der Waals surface area contributed by atoms with Crippen LogP contribution in [0.2, 0.25) is 0 Å². The molecule has 2 fully saturated rings. The molecule has 1 aromatic carbocycles. The molecule has 3 heteroatoms. The summed E-state index contributed by atoms with van der Waals surface area (Å²) in [4.78, 5) is 0. The number of fused-ring (bicyclic) bond motifs is 5. The van der Waals surface area contributed by atoms with E-state index >= 15 is 0 Å². The smallest absolute Gasteiger partial charge is 0.115 e. The van der Waals surface area contributed by atoms with Crippen LogP contribution < -0.4 is 0 Å². The highest BCUT2D eigenvalue weighted by Gasteiger charge is 2.55. The predicted molar refractivity (Wildman–Crippen MR) is 86.8 cm³/mol. The molecule has 3 aliphatic rings. The van der Waals surface area contributed by atoms with Crippen LogP contribution in [-0.4, -0.2) is 16.3 Å². The van der Waals surface area contributed by atoms with E-state index in [0.29, 0.717) is 23.5 Å². The first-order valence-corrected chi connectivity index (χ1v) is 8.71. The monoisotopic (exact) mass is 304 g/mol. The third-order valence-electron chi connectivity index (χ3n) is 6.71. The lowest BCUT2D eigenvalue weighted by Crippen LogP contribution is -2.44. The maximum Gasteiger partial charge on any atom is 0.115 e. The molecule has 0 heterocycles. The van der Waals surface area contributed by atoms with Crippen LogP contribution in [0.5, 0.6) is 5.75 Å². The Labute approximate surface area is 132 Å². The van der Waals surface area contributed by atoms with Crippen LogP contribution in [0.15, 0.2) is 18.2 Å². The number of thiol groups is 1. The normalized spacial score (nSPS) is 44.8. The van der Waals surface area contributed by atoms with Gasteiger partial charge in [0.25, 0.3) is 0 Å². The van der Waals surface area contributed by atoms with Crippen LogP contribution in [0, 0.1) is 17.3 Å². The highest BCUT2D eigenvalue weighted by molar-refractivity contribution is 7.80. The Balaban J connectivity index is 1.75. The first kappa shape index (κ1) is 14.0. The SMILES string of the molecule is C[C@]12CCC3c4ccc(O)cc4[C@H](S)CC3C1CC[C@@H]2O. The number of aromatic hydroxyl groups is 1. The maximum absolute atomic E-state index is 10.4. The number of hydrogen-bond donors (Lipinski definition) is 3. The van der Waals surface area contributed by atoms with E-state index in [1.54, 1.807) is 0 Å². The summed E-state index contributed by atoms with van der Waals surface area (Å²) in [5.74, 6) is 2.21. The molecule has 0 radical (unpaired) electrons. The largest absolute Gasteiger partial charge is 0.508 e. The molecule has 0 aromatic heterocycles. The van der Waals surface area contributed by atoms with Crippen molar-refractivity contribution in [1.29, 1.82) is 0 Å². The van der Waals surface area contributed by atoms with Gasteiger partial charge >= 0.3 is 0 Å². The molecular formula is C18H24O2S. The summed E-state index contributed by atoms with van der Waals surface area (Å²) in [5, 5.41) is 20.4. The second kappa shape index (κ2) is 4.66. The zero-order valence-electron chi connectivity index (χ0n) is 12.5. The molecule has 2 N–H and O–H groups in total. The minimum absolute atomic E-state index is 0.114. The fourth-order valence-corrected chi connectivity index (χ4v) is 6.02. The van der Waals surface area contributed by atoms with Crippen molar-refractivity contribution in [3.8, 4) is 5.75 Å². The molecule has 0 amide bonds. The Kier molecular flexibility index (Phi) is 3.10. The number of aliphatic hydroxyl groups excluding tert-OH is 1. The van der Waals surface area contributed by atoms with E-state index in [4.69, 9.17) is 12.6 Å². The van der Waals surface area contributed by atoms with E-state index in [-0.39, 0.29) is 16.8 Å². The van der Waals surface area contributed by atoms with Crippen molar-refractivity contribution in [2.24, 2.45) is 17.3 Å². The number of rotatable bonds is 0. The molecule has 0 spiro atoms. The van der Waals surface area contributed by atoms with Crippen molar-refractivity contribution >= 4 is 12.6 Å². The molecule has 0 aliphatic heterocycles. The molecule has 1 aromatic rings. The molecule has 114 valence electrons. The molecule has 2 nitrogen and oxygen atoms in total. The Morgan fingerprint density at radius 1 is 1.19 bits per heavy atom. The highest BCUT2D eigenvalue weighted by Crippen LogP contribution is 2.62. The number of phenolic OH excluding ortho intramolecular Hbond substituents is 1. The third-order valence-corrected chi connectivity index (χ3v) is 7.20. The van der Waals surface area contributed by atoms with Crippen LogP contribution in [-0.2, 0) is 0 Å². The van der Waals surface area contributed by atoms with Crippen molar-refractivity contribution in [1.82, 2.24) is 0 Å². The van der Waals surface area contributed by atoms with Crippen LogP contribution in [0.25, 0.3) is 0 Å². The summed E-state index contributed by atoms with van der Waals surface area (Å²) in [7, 11) is 0. The number of phenols is 1. The number of aliphatic hydroxyl groups is 1. The first-order chi connectivity index (χ1) is 10.0. The van der Waals surface area contributed by atoms with Gasteiger partial charge in [-0.25, -0.2) is 0 Å². The van der Waals surface area contributed by atoms with Gasteiger partial charge in [0.2, 0.25) is 0 Å². The standard InChI is InChI=1S/C18H24O2S/c1-18-7-6-12-11-3-2-10(19)8-14(11)16(21)9-13(12)15(18)4-5-17(18)20/h2-3,8,12-13,15-17,19-21H,4-7,9H2,1H3/t12?,13?,15?,16-,17+,18+/m1/s1. The van der Waals surface area contributed by atoms with Crippen molar-refractivity contribution in [3.05, 3.63) is 29.3 Å². The Morgan fingerprint density at radius 2 is 2.00 bits per heavy atom. The zero-order chi connectivity index (χ0) is 14.8. The predicted octanol–water partition coefficient (Wildman–Crippen LogP) is 4.04. The lowest BCUT2D eigenvalue weighted by atomic mass is 9.55. The first-order valence-electron chi connectivity index (χ1n) is 8.19. The van der Waals surface area contributed by atoms with Gasteiger partial charge < -0.3 is 10.2 Å². The summed E-state index contributed by atoms with van der Waals surface area (Å²) >= 11 is 4.81. The van der Waals surface area contributed by atoms with E-state index in [2.05, 4.69) is 13.0 Å². The van der Waals surface area contributed by atoms with Crippen molar-refractivity contribution in [2.75, 3.05) is 0 Å². The summed E-state index contributed by atoms with van der Waals surface area (Å²) in [6.07, 6.45) is 5.36. The van der Waals surface area contributed by atoms with E-state index in [1.807, 2.05) is 12.1 Å². The average molecular weight is 304 g/mol. The van der Waals surface area contributed by atoms with Crippen molar-refractivity contribution in [3.63, 3.8) is 0 Å². The maximum atomic E-state index is 10.4. The average Bonchev–Trinajstić information content (AvgIpc) is 2.76. The van der Waals surface area contributed by atoms with Gasteiger partial charge in [-0.3, -0.25) is 0 Å². The molecular weight excluding hydrogens is 280 g/mol. The molecule has 21 heavy (non-hydrogen) atoms. The van der Waals surface area contributed by atoms with Gasteiger partial charge in [0.1, 0.15) is 5.75 Å². The van der Waals surface area contributed by atoms with Crippen LogP contribution >= 0.6 is 12.6 Å². The van der Waals surface area contributed by atoms with Crippen molar-refractivity contribution < 1.29 is 10.2 Å². The summed E-state index contributed by atoms with van der Waals surface area (Å²) in [5.41, 5.74) is 2.73. The number of benzene rings is 1. The van der Waals surface area contributed by atoms with Gasteiger partial charge in [-0.2, -0.15) is 12.6 Å². The molecule has 6 atom stereocenters. The molecule has 0 bridgehead atoms. The van der Waals surface area contributed by atoms with E-state index in [1.165, 1.54) is 11.1 Å². The number of hydrogen-bond acceptors (Lipinski definition) is 3. The minimum Gasteiger partial charge on any atom is -0.508 e. The van der Waals surface area contributed by atoms with E-state index < -0.39 is 0 Å². The molecule has 3 unspecified atom stereocenters. The van der Waals surface area contributed by atoms with Crippen LogP contribution in [0.3, 0.4) is 0 Å². The topological polar surface area (TPSA) is 40.5 Å². The Hall–Kier alpha value is -0.670. The van der Waals surface area contributed by atoms with Gasteiger partial charge in [-0.15, -0.1) is 0 Å². The van der Waals surface area contributed by atoms with Gasteiger partial charge in [0, 0.05) is 5.25 Å². The third kappa shape index (κ3) is 1.90. The fourth-order valence-electron chi connectivity index (χ4n) is 5.55. The Morgan fingerprint density at radius 3 is 2.81 bits per heavy atom. The van der Waals surface area contributed by atoms with E-state index in [0.717, 1.165) is 32.1 Å². The zero-order valence-corrected chi connectivity index (χ0v) is 13.4. The van der Waals surface area contributed by atoms with E-state index in [9.17, 15) is 10.2 Å². The summed E-state index contributed by atoms with van der Waals surface area (Å²) in [6.45, 7) is 2.30. The molecule has 2 saturated carbocycles. The lowest BCUT2D eigenvalue weighted by Gasteiger charge is -2.51. The van der Waals surface area contributed by atoms with Crippen LogP contribution in [0.4, 0.5) is 0 Å². The van der Waals surface area contributed by atoms with Crippen LogP contribution in [0.1, 0.15) is 61.3 Å². The second-order valence-corrected chi connectivity index (χ2v) is 8.20. The quantitative estimate of drug-likeness (QED) is 0.633. The molecule has 3 aliphatic carbocycles. The summed E-state index contributed by atoms with van der Waals surface area (Å²) < 4.78 is 0. The fraction of sp³-hybridized carbons (Fsp3) is 0.667. The molecule has 4 rings (SSSR count). The lowest BCUT2D eigenvalue weighted by molar-refractivity contribution is -0.0228. The van der Waals surface area contributed by atoms with Crippen molar-refractivity contribution in [2.45, 2.75) is 56.3 Å². The minimum atomic E-state index is -0.122. The molecule has 0 saturated heterocycles. The van der Waals surface area contributed by atoms with Gasteiger partial charge in [-0.1, -0.05) is 13.0 Å².